The number of methoxy groups -OCH3 is 1. The number of hydrogen-bond acceptors (Lipinski definition) is 5. The lowest BCUT2D eigenvalue weighted by Crippen LogP contribution is -2.42. The molecule has 2 N–H and O–H groups in total. The largest absolute Gasteiger partial charge is 0.416 e. The van der Waals surface area contributed by atoms with Crippen LogP contribution in [0.1, 0.15) is 104 Å². The first-order valence-corrected chi connectivity index (χ1v) is 17.3. The fourth-order valence-electron chi connectivity index (χ4n) is 3.66. The summed E-state index contributed by atoms with van der Waals surface area (Å²) < 4.78 is 16.6. The second-order valence-electron chi connectivity index (χ2n) is 11.3. The van der Waals surface area contributed by atoms with E-state index in [-0.39, 0.29) is 0 Å². The zero-order chi connectivity index (χ0) is 25.4. The summed E-state index contributed by atoms with van der Waals surface area (Å²) in [6.07, 6.45) is 17.8. The Balaban J connectivity index is 3.14. The highest BCUT2D eigenvalue weighted by Crippen LogP contribution is 2.36. The first-order chi connectivity index (χ1) is 16.3. The van der Waals surface area contributed by atoms with Gasteiger partial charge in [0.25, 0.3) is 0 Å². The van der Waals surface area contributed by atoms with Crippen molar-refractivity contribution in [2.24, 2.45) is 0 Å². The summed E-state index contributed by atoms with van der Waals surface area (Å²) in [7, 11) is 0.137. The van der Waals surface area contributed by atoms with Crippen molar-refractivity contribution in [3.05, 3.63) is 0 Å². The van der Waals surface area contributed by atoms with E-state index in [0.717, 1.165) is 45.8 Å². The minimum Gasteiger partial charge on any atom is -0.416 e. The second-order valence-corrected chi connectivity index (χ2v) is 16.1. The van der Waals surface area contributed by atoms with Crippen LogP contribution in [0.25, 0.3) is 0 Å². The van der Waals surface area contributed by atoms with Crippen LogP contribution in [-0.2, 0) is 13.9 Å². The molecule has 0 aromatic carbocycles. The predicted octanol–water partition coefficient (Wildman–Crippen LogP) is 6.92. The van der Waals surface area contributed by atoms with E-state index in [4.69, 9.17) is 13.9 Å². The van der Waals surface area contributed by atoms with Crippen molar-refractivity contribution in [1.29, 1.82) is 0 Å². The summed E-state index contributed by atoms with van der Waals surface area (Å²) in [4.78, 5) is 0. The molecule has 0 aromatic heterocycles. The van der Waals surface area contributed by atoms with Gasteiger partial charge in [-0.1, -0.05) is 85.0 Å². The van der Waals surface area contributed by atoms with Gasteiger partial charge < -0.3 is 24.5 Å². The van der Waals surface area contributed by atoms with Crippen molar-refractivity contribution in [2.75, 3.05) is 59.7 Å². The summed E-state index contributed by atoms with van der Waals surface area (Å²) >= 11 is 0. The minimum atomic E-state index is -1.57. The first kappa shape index (κ1) is 34.0. The van der Waals surface area contributed by atoms with Gasteiger partial charge in [-0.3, -0.25) is 0 Å². The monoisotopic (exact) mass is 502 g/mol. The molecule has 0 unspecified atom stereocenters. The zero-order valence-electron chi connectivity index (χ0n) is 24.1. The Hall–Kier alpha value is 0.0169. The third-order valence-corrected chi connectivity index (χ3v) is 11.6. The number of ether oxygens (including phenoxy) is 2. The Bertz CT molecular complexity index is 417. The molecule has 0 atom stereocenters. The predicted molar refractivity (Wildman–Crippen MR) is 152 cm³/mol. The zero-order valence-corrected chi connectivity index (χ0v) is 25.1. The number of nitrogens with one attached hydrogen (secondary N) is 2. The van der Waals surface area contributed by atoms with Crippen molar-refractivity contribution in [2.45, 2.75) is 122 Å². The quantitative estimate of drug-likeness (QED) is 0.0993. The van der Waals surface area contributed by atoms with Gasteiger partial charge in [0.1, 0.15) is 0 Å². The Labute approximate surface area is 215 Å². The summed E-state index contributed by atoms with van der Waals surface area (Å²) in [5.74, 6) is 0. The Morgan fingerprint density at radius 2 is 0.971 bits per heavy atom. The molecular weight excluding hydrogens is 440 g/mol. The highest BCUT2D eigenvalue weighted by atomic mass is 28.4. The topological polar surface area (TPSA) is 51.8 Å². The molecule has 0 saturated carbocycles. The molecule has 0 fully saturated rings. The van der Waals surface area contributed by atoms with E-state index < -0.39 is 8.32 Å². The SMILES string of the molecule is COCCOCCCNCCCCCCCCCCCCCCNCCO[Si](C)(C)C(C)(C)C. The molecule has 0 spiro atoms. The highest BCUT2D eigenvalue weighted by molar-refractivity contribution is 6.74. The van der Waals surface area contributed by atoms with Crippen LogP contribution >= 0.6 is 0 Å². The van der Waals surface area contributed by atoms with E-state index in [2.05, 4.69) is 44.5 Å². The van der Waals surface area contributed by atoms with Crippen LogP contribution in [0.3, 0.4) is 0 Å². The number of hydrogen-bond donors (Lipinski definition) is 2. The van der Waals surface area contributed by atoms with Crippen molar-refractivity contribution < 1.29 is 13.9 Å². The smallest absolute Gasteiger partial charge is 0.192 e. The molecule has 0 amide bonds. The second kappa shape index (κ2) is 23.4. The summed E-state index contributed by atoms with van der Waals surface area (Å²) in [6, 6.07) is 0. The van der Waals surface area contributed by atoms with Gasteiger partial charge in [-0.05, 0) is 57.0 Å². The highest BCUT2D eigenvalue weighted by Gasteiger charge is 2.36. The third-order valence-electron chi connectivity index (χ3n) is 7.08. The molecule has 0 rings (SSSR count). The molecule has 0 saturated heterocycles. The molecule has 0 radical (unpaired) electrons. The molecule has 0 aliphatic rings. The summed E-state index contributed by atoms with van der Waals surface area (Å²) in [6.45, 7) is 19.0. The minimum absolute atomic E-state index is 0.311. The van der Waals surface area contributed by atoms with Gasteiger partial charge in [-0.15, -0.1) is 0 Å². The van der Waals surface area contributed by atoms with Gasteiger partial charge >= 0.3 is 0 Å². The van der Waals surface area contributed by atoms with E-state index >= 15 is 0 Å². The maximum atomic E-state index is 6.21. The standard InChI is InChI=1S/C28H62N2O3Si/c1-28(2,3)34(5,6)33-25-23-30-21-18-16-14-12-10-8-7-9-11-13-15-17-20-29-22-19-24-32-27-26-31-4/h29-30H,7-27H2,1-6H3. The van der Waals surface area contributed by atoms with Crippen LogP contribution in [0, 0.1) is 0 Å². The molecule has 34 heavy (non-hydrogen) atoms. The lowest BCUT2D eigenvalue weighted by atomic mass is 10.1. The normalized spacial score (nSPS) is 12.5. The average molecular weight is 503 g/mol. The molecule has 6 heteroatoms. The molecule has 0 heterocycles. The van der Waals surface area contributed by atoms with Crippen LogP contribution in [0.4, 0.5) is 0 Å². The van der Waals surface area contributed by atoms with Crippen LogP contribution in [0.15, 0.2) is 0 Å². The van der Waals surface area contributed by atoms with Crippen molar-refractivity contribution in [1.82, 2.24) is 10.6 Å². The van der Waals surface area contributed by atoms with E-state index in [1.165, 1.54) is 77.0 Å². The maximum absolute atomic E-state index is 6.21. The van der Waals surface area contributed by atoms with Gasteiger partial charge in [-0.25, -0.2) is 0 Å². The fourth-order valence-corrected chi connectivity index (χ4v) is 4.70. The molecule has 0 aromatic rings. The van der Waals surface area contributed by atoms with Crippen molar-refractivity contribution in [3.8, 4) is 0 Å². The van der Waals surface area contributed by atoms with E-state index in [9.17, 15) is 0 Å². The molecule has 0 bridgehead atoms. The Kier molecular flexibility index (Phi) is 23.4. The molecule has 206 valence electrons. The van der Waals surface area contributed by atoms with Crippen LogP contribution in [-0.4, -0.2) is 68.0 Å². The Morgan fingerprint density at radius 1 is 0.529 bits per heavy atom. The van der Waals surface area contributed by atoms with Gasteiger partial charge in [0.2, 0.25) is 0 Å². The van der Waals surface area contributed by atoms with E-state index in [1.807, 2.05) is 0 Å². The molecule has 0 aliphatic heterocycles. The summed E-state index contributed by atoms with van der Waals surface area (Å²) in [5, 5.41) is 7.38. The number of unbranched alkanes of at least 4 members (excludes halogenated alkanes) is 11. The Morgan fingerprint density at radius 3 is 1.44 bits per heavy atom. The van der Waals surface area contributed by atoms with Crippen molar-refractivity contribution >= 4 is 8.32 Å². The molecule has 0 aliphatic carbocycles. The number of rotatable bonds is 26. The first-order valence-electron chi connectivity index (χ1n) is 14.4. The maximum Gasteiger partial charge on any atom is 0.192 e. The average Bonchev–Trinajstić information content (AvgIpc) is 2.78. The van der Waals surface area contributed by atoms with Crippen molar-refractivity contribution in [3.63, 3.8) is 0 Å². The van der Waals surface area contributed by atoms with Crippen LogP contribution in [0.2, 0.25) is 18.1 Å². The molecule has 5 nitrogen and oxygen atoms in total. The van der Waals surface area contributed by atoms with E-state index in [0.29, 0.717) is 18.3 Å². The third kappa shape index (κ3) is 22.5. The van der Waals surface area contributed by atoms with E-state index in [1.54, 1.807) is 7.11 Å². The van der Waals surface area contributed by atoms with Gasteiger partial charge in [0.15, 0.2) is 8.32 Å². The lowest BCUT2D eigenvalue weighted by Gasteiger charge is -2.36. The lowest BCUT2D eigenvalue weighted by molar-refractivity contribution is 0.0695. The van der Waals surface area contributed by atoms with Gasteiger partial charge in [-0.2, -0.15) is 0 Å². The fraction of sp³-hybridized carbons (Fsp3) is 1.00. The van der Waals surface area contributed by atoms with Crippen LogP contribution in [0.5, 0.6) is 0 Å². The van der Waals surface area contributed by atoms with Gasteiger partial charge in [0.05, 0.1) is 13.2 Å². The van der Waals surface area contributed by atoms with Gasteiger partial charge in [0, 0.05) is 26.9 Å². The molecular formula is C28H62N2O3Si. The van der Waals surface area contributed by atoms with Crippen LogP contribution < -0.4 is 10.6 Å². The summed E-state index contributed by atoms with van der Waals surface area (Å²) in [5.41, 5.74) is 0.